The minimum Gasteiger partial charge on any atom is -0.483 e. The maximum absolute atomic E-state index is 12.5. The lowest BCUT2D eigenvalue weighted by Crippen LogP contribution is -2.41. The number of hydrogen-bond acceptors (Lipinski definition) is 5. The Kier molecular flexibility index (Phi) is 8.06. The molecule has 2 aromatic rings. The van der Waals surface area contributed by atoms with Gasteiger partial charge < -0.3 is 19.7 Å². The first kappa shape index (κ1) is 22.8. The maximum atomic E-state index is 12.5. The minimum atomic E-state index is -0.665. The molecule has 0 spiro atoms. The fraction of sp³-hybridized carbons (Fsp3) is 0.348. The SMILES string of the molecule is CC1CCCN(C(=O)COC(=O)c2ccccc2OCC(=O)Nc2ccc(Br)cc2)C1. The van der Waals surface area contributed by atoms with Gasteiger partial charge in [-0.15, -0.1) is 0 Å². The lowest BCUT2D eigenvalue weighted by atomic mass is 10.0. The number of piperidine rings is 1. The minimum absolute atomic E-state index is 0.166. The van der Waals surface area contributed by atoms with Crippen LogP contribution in [0.3, 0.4) is 0 Å². The van der Waals surface area contributed by atoms with Crippen molar-refractivity contribution in [2.45, 2.75) is 19.8 Å². The third-order valence-corrected chi connectivity index (χ3v) is 5.46. The van der Waals surface area contributed by atoms with Crippen molar-refractivity contribution in [2.75, 3.05) is 31.6 Å². The predicted octanol–water partition coefficient (Wildman–Crippen LogP) is 3.88. The first-order valence-corrected chi connectivity index (χ1v) is 10.9. The highest BCUT2D eigenvalue weighted by Gasteiger charge is 2.23. The van der Waals surface area contributed by atoms with Crippen LogP contribution in [0.5, 0.6) is 5.75 Å². The molecule has 0 aromatic heterocycles. The van der Waals surface area contributed by atoms with Crippen molar-refractivity contribution in [3.05, 3.63) is 58.6 Å². The Morgan fingerprint density at radius 2 is 1.84 bits per heavy atom. The van der Waals surface area contributed by atoms with Crippen molar-refractivity contribution in [1.82, 2.24) is 4.90 Å². The summed E-state index contributed by atoms with van der Waals surface area (Å²) in [4.78, 5) is 38.7. The normalized spacial score (nSPS) is 15.8. The van der Waals surface area contributed by atoms with Gasteiger partial charge in [-0.3, -0.25) is 9.59 Å². The molecule has 8 heteroatoms. The molecule has 2 amide bonds. The maximum Gasteiger partial charge on any atom is 0.342 e. The monoisotopic (exact) mass is 488 g/mol. The van der Waals surface area contributed by atoms with E-state index in [1.165, 1.54) is 6.07 Å². The summed E-state index contributed by atoms with van der Waals surface area (Å²) >= 11 is 3.34. The number of nitrogens with one attached hydrogen (secondary N) is 1. The molecule has 1 atom stereocenters. The van der Waals surface area contributed by atoms with Gasteiger partial charge in [-0.25, -0.2) is 4.79 Å². The van der Waals surface area contributed by atoms with E-state index in [0.29, 0.717) is 24.7 Å². The Labute approximate surface area is 189 Å². The molecule has 1 N–H and O–H groups in total. The average molecular weight is 489 g/mol. The van der Waals surface area contributed by atoms with E-state index in [-0.39, 0.29) is 36.3 Å². The van der Waals surface area contributed by atoms with E-state index in [4.69, 9.17) is 9.47 Å². The number of carbonyl (C=O) groups excluding carboxylic acids is 3. The number of benzene rings is 2. The Bertz CT molecular complexity index is 932. The summed E-state index contributed by atoms with van der Waals surface area (Å²) in [7, 11) is 0. The molecule has 1 unspecified atom stereocenters. The van der Waals surface area contributed by atoms with Crippen molar-refractivity contribution in [3.63, 3.8) is 0 Å². The van der Waals surface area contributed by atoms with Gasteiger partial charge in [0.15, 0.2) is 13.2 Å². The zero-order valence-corrected chi connectivity index (χ0v) is 18.9. The predicted molar refractivity (Wildman–Crippen MR) is 120 cm³/mol. The summed E-state index contributed by atoms with van der Waals surface area (Å²) in [6.07, 6.45) is 2.06. The number of nitrogens with zero attached hydrogens (tertiary/aromatic N) is 1. The van der Waals surface area contributed by atoms with E-state index in [1.807, 2.05) is 12.1 Å². The van der Waals surface area contributed by atoms with Crippen LogP contribution in [0.15, 0.2) is 53.0 Å². The fourth-order valence-corrected chi connectivity index (χ4v) is 3.61. The Hall–Kier alpha value is -2.87. The summed E-state index contributed by atoms with van der Waals surface area (Å²) in [6.45, 7) is 2.89. The smallest absolute Gasteiger partial charge is 0.342 e. The van der Waals surface area contributed by atoms with Crippen LogP contribution in [0.25, 0.3) is 0 Å². The first-order valence-electron chi connectivity index (χ1n) is 10.1. The highest BCUT2D eigenvalue weighted by Crippen LogP contribution is 2.20. The number of amides is 2. The van der Waals surface area contributed by atoms with Gasteiger partial charge in [0, 0.05) is 23.2 Å². The Morgan fingerprint density at radius 1 is 1.10 bits per heavy atom. The van der Waals surface area contributed by atoms with Gasteiger partial charge in [0.25, 0.3) is 11.8 Å². The third-order valence-electron chi connectivity index (χ3n) is 4.93. The van der Waals surface area contributed by atoms with Crippen LogP contribution in [0, 0.1) is 5.92 Å². The molecule has 31 heavy (non-hydrogen) atoms. The molecule has 0 saturated carbocycles. The van der Waals surface area contributed by atoms with Crippen LogP contribution in [0.2, 0.25) is 0 Å². The van der Waals surface area contributed by atoms with Crippen molar-refractivity contribution in [1.29, 1.82) is 0 Å². The number of rotatable bonds is 7. The number of halogens is 1. The summed E-state index contributed by atoms with van der Waals surface area (Å²) in [5.41, 5.74) is 0.800. The van der Waals surface area contributed by atoms with Gasteiger partial charge >= 0.3 is 5.97 Å². The molecule has 3 rings (SSSR count). The van der Waals surface area contributed by atoms with E-state index in [2.05, 4.69) is 28.2 Å². The zero-order chi connectivity index (χ0) is 22.2. The molecular formula is C23H25BrN2O5. The van der Waals surface area contributed by atoms with Crippen LogP contribution in [-0.2, 0) is 14.3 Å². The highest BCUT2D eigenvalue weighted by atomic mass is 79.9. The molecule has 1 aliphatic heterocycles. The van der Waals surface area contributed by atoms with Gasteiger partial charge in [0.1, 0.15) is 11.3 Å². The zero-order valence-electron chi connectivity index (χ0n) is 17.3. The number of hydrogen-bond donors (Lipinski definition) is 1. The lowest BCUT2D eigenvalue weighted by molar-refractivity contribution is -0.136. The number of esters is 1. The largest absolute Gasteiger partial charge is 0.483 e. The number of para-hydroxylation sites is 1. The van der Waals surface area contributed by atoms with E-state index < -0.39 is 5.97 Å². The second-order valence-corrected chi connectivity index (χ2v) is 8.42. The molecule has 0 bridgehead atoms. The second kappa shape index (κ2) is 10.9. The first-order chi connectivity index (χ1) is 14.9. The Balaban J connectivity index is 1.52. The summed E-state index contributed by atoms with van der Waals surface area (Å²) in [5, 5.41) is 2.72. The topological polar surface area (TPSA) is 84.9 Å². The molecule has 2 aromatic carbocycles. The molecule has 1 saturated heterocycles. The molecule has 1 aliphatic rings. The van der Waals surface area contributed by atoms with Crippen molar-refractivity contribution >= 4 is 39.4 Å². The highest BCUT2D eigenvalue weighted by molar-refractivity contribution is 9.10. The van der Waals surface area contributed by atoms with Gasteiger partial charge in [-0.1, -0.05) is 35.0 Å². The van der Waals surface area contributed by atoms with Crippen molar-refractivity contribution in [2.24, 2.45) is 5.92 Å². The van der Waals surface area contributed by atoms with Gasteiger partial charge in [0.05, 0.1) is 0 Å². The quantitative estimate of drug-likeness (QED) is 0.597. The molecular weight excluding hydrogens is 464 g/mol. The van der Waals surface area contributed by atoms with Gasteiger partial charge in [-0.2, -0.15) is 0 Å². The fourth-order valence-electron chi connectivity index (χ4n) is 3.35. The van der Waals surface area contributed by atoms with Crippen LogP contribution in [0.1, 0.15) is 30.1 Å². The molecule has 1 heterocycles. The number of ether oxygens (including phenoxy) is 2. The Morgan fingerprint density at radius 3 is 2.58 bits per heavy atom. The van der Waals surface area contributed by atoms with Crippen LogP contribution in [-0.4, -0.2) is 49.0 Å². The summed E-state index contributed by atoms with van der Waals surface area (Å²) < 4.78 is 11.7. The summed E-state index contributed by atoms with van der Waals surface area (Å²) in [6, 6.07) is 13.6. The number of anilines is 1. The molecule has 7 nitrogen and oxygen atoms in total. The second-order valence-electron chi connectivity index (χ2n) is 7.50. The van der Waals surface area contributed by atoms with E-state index in [1.54, 1.807) is 35.2 Å². The molecule has 0 aliphatic carbocycles. The van der Waals surface area contributed by atoms with Gasteiger partial charge in [0.2, 0.25) is 0 Å². The lowest BCUT2D eigenvalue weighted by Gasteiger charge is -2.30. The average Bonchev–Trinajstić information content (AvgIpc) is 2.77. The van der Waals surface area contributed by atoms with Crippen molar-refractivity contribution < 1.29 is 23.9 Å². The molecule has 1 fully saturated rings. The summed E-state index contributed by atoms with van der Waals surface area (Å²) in [5.74, 6) is -0.557. The van der Waals surface area contributed by atoms with Crippen LogP contribution >= 0.6 is 15.9 Å². The third kappa shape index (κ3) is 6.82. The molecule has 164 valence electrons. The van der Waals surface area contributed by atoms with Crippen LogP contribution in [0.4, 0.5) is 5.69 Å². The van der Waals surface area contributed by atoms with E-state index >= 15 is 0 Å². The standard InChI is InChI=1S/C23H25BrN2O5/c1-16-5-4-12-26(13-16)22(28)15-31-23(29)19-6-2-3-7-20(19)30-14-21(27)25-18-10-8-17(24)9-11-18/h2-3,6-11,16H,4-5,12-15H2,1H3,(H,25,27). The van der Waals surface area contributed by atoms with Crippen molar-refractivity contribution in [3.8, 4) is 5.75 Å². The number of likely N-dealkylation sites (tertiary alicyclic amines) is 1. The number of carbonyl (C=O) groups is 3. The van der Waals surface area contributed by atoms with E-state index in [0.717, 1.165) is 17.3 Å². The van der Waals surface area contributed by atoms with Gasteiger partial charge in [-0.05, 0) is 55.2 Å². The molecule has 0 radical (unpaired) electrons. The van der Waals surface area contributed by atoms with Crippen LogP contribution < -0.4 is 10.1 Å². The van der Waals surface area contributed by atoms with E-state index in [9.17, 15) is 14.4 Å².